The van der Waals surface area contributed by atoms with Crippen LogP contribution < -0.4 is 5.73 Å². The smallest absolute Gasteiger partial charge is 0.330 e. The zero-order chi connectivity index (χ0) is 11.1. The van der Waals surface area contributed by atoms with Gasteiger partial charge in [-0.3, -0.25) is 0 Å². The van der Waals surface area contributed by atoms with E-state index in [0.717, 1.165) is 6.42 Å². The maximum absolute atomic E-state index is 9.99. The molecule has 0 spiro atoms. The van der Waals surface area contributed by atoms with Gasteiger partial charge in [0.05, 0.1) is 0 Å². The van der Waals surface area contributed by atoms with Gasteiger partial charge in [-0.25, -0.2) is 4.79 Å². The van der Waals surface area contributed by atoms with E-state index in [1.165, 1.54) is 0 Å². The highest BCUT2D eigenvalue weighted by Gasteiger charge is 1.99. The summed E-state index contributed by atoms with van der Waals surface area (Å²) in [5.41, 5.74) is 5.65. The lowest BCUT2D eigenvalue weighted by Crippen LogP contribution is -2.26. The van der Waals surface area contributed by atoms with E-state index in [0.29, 0.717) is 12.0 Å². The molecular formula is C10H21NO2. The highest BCUT2D eigenvalue weighted by molar-refractivity contribution is 5.85. The van der Waals surface area contributed by atoms with Gasteiger partial charge in [0.1, 0.15) is 0 Å². The lowest BCUT2D eigenvalue weighted by Gasteiger charge is -2.06. The first kappa shape index (κ1) is 14.7. The van der Waals surface area contributed by atoms with Crippen LogP contribution in [-0.2, 0) is 4.79 Å². The van der Waals surface area contributed by atoms with Crippen LogP contribution in [0.15, 0.2) is 12.2 Å². The molecule has 0 heterocycles. The average molecular weight is 187 g/mol. The van der Waals surface area contributed by atoms with Crippen LogP contribution in [0.5, 0.6) is 0 Å². The molecule has 0 saturated carbocycles. The molecule has 3 nitrogen and oxygen atoms in total. The van der Waals surface area contributed by atoms with E-state index in [4.69, 9.17) is 10.8 Å². The molecule has 0 fully saturated rings. The summed E-state index contributed by atoms with van der Waals surface area (Å²) in [5.74, 6) is -0.883. The number of hydrogen-bond acceptors (Lipinski definition) is 2. The highest BCUT2D eigenvalue weighted by Crippen LogP contribution is 1.99. The number of carboxylic acids is 1. The zero-order valence-corrected chi connectivity index (χ0v) is 9.05. The molecule has 0 aliphatic rings. The Balaban J connectivity index is 0. The highest BCUT2D eigenvalue weighted by atomic mass is 16.4. The molecule has 0 unspecified atom stereocenters. The number of hydrogen-bond donors (Lipinski definition) is 2. The SMILES string of the molecule is C=C(CCC)C(=O)O.CC(C)(C)N. The molecule has 0 saturated heterocycles. The Labute approximate surface area is 80.6 Å². The molecule has 0 amide bonds. The van der Waals surface area contributed by atoms with Gasteiger partial charge in [0.25, 0.3) is 0 Å². The molecule has 3 N–H and O–H groups in total. The van der Waals surface area contributed by atoms with Gasteiger partial charge in [0.2, 0.25) is 0 Å². The fourth-order valence-electron chi connectivity index (χ4n) is 0.409. The Morgan fingerprint density at radius 2 is 1.77 bits per heavy atom. The summed E-state index contributed by atoms with van der Waals surface area (Å²) in [6, 6.07) is 0. The van der Waals surface area contributed by atoms with Crippen LogP contribution in [0, 0.1) is 0 Å². The van der Waals surface area contributed by atoms with Gasteiger partial charge in [0.15, 0.2) is 0 Å². The first-order chi connectivity index (χ1) is 5.68. The van der Waals surface area contributed by atoms with Gasteiger partial charge < -0.3 is 10.8 Å². The third-order valence-corrected chi connectivity index (χ3v) is 0.854. The van der Waals surface area contributed by atoms with Gasteiger partial charge >= 0.3 is 5.97 Å². The summed E-state index contributed by atoms with van der Waals surface area (Å²) in [4.78, 5) is 9.99. The molecule has 0 aromatic rings. The summed E-state index contributed by atoms with van der Waals surface area (Å²) in [7, 11) is 0. The lowest BCUT2D eigenvalue weighted by molar-refractivity contribution is -0.132. The summed E-state index contributed by atoms with van der Waals surface area (Å²) in [6.07, 6.45) is 1.44. The van der Waals surface area contributed by atoms with Crippen molar-refractivity contribution in [1.29, 1.82) is 0 Å². The normalized spacial score (nSPS) is 9.92. The quantitative estimate of drug-likeness (QED) is 0.665. The molecule has 0 bridgehead atoms. The summed E-state index contributed by atoms with van der Waals surface area (Å²) < 4.78 is 0. The van der Waals surface area contributed by atoms with Crippen LogP contribution in [0.2, 0.25) is 0 Å². The molecular weight excluding hydrogens is 166 g/mol. The minimum atomic E-state index is -0.883. The number of carbonyl (C=O) groups is 1. The summed E-state index contributed by atoms with van der Waals surface area (Å²) >= 11 is 0. The van der Waals surface area contributed by atoms with Crippen molar-refractivity contribution >= 4 is 5.97 Å². The van der Waals surface area contributed by atoms with E-state index in [1.807, 2.05) is 27.7 Å². The first-order valence-corrected chi connectivity index (χ1v) is 4.38. The molecule has 0 aliphatic carbocycles. The second kappa shape index (κ2) is 6.66. The number of rotatable bonds is 3. The Hall–Kier alpha value is -0.830. The second-order valence-corrected chi connectivity index (χ2v) is 4.02. The van der Waals surface area contributed by atoms with Gasteiger partial charge in [-0.15, -0.1) is 0 Å². The third kappa shape index (κ3) is 24.7. The van der Waals surface area contributed by atoms with E-state index in [9.17, 15) is 4.79 Å². The number of nitrogens with two attached hydrogens (primary N) is 1. The van der Waals surface area contributed by atoms with Gasteiger partial charge in [-0.2, -0.15) is 0 Å². The minimum Gasteiger partial charge on any atom is -0.478 e. The molecule has 0 atom stereocenters. The molecule has 78 valence electrons. The fourth-order valence-corrected chi connectivity index (χ4v) is 0.409. The van der Waals surface area contributed by atoms with Crippen molar-refractivity contribution in [2.75, 3.05) is 0 Å². The van der Waals surface area contributed by atoms with Crippen molar-refractivity contribution in [2.45, 2.75) is 46.1 Å². The van der Waals surface area contributed by atoms with Crippen molar-refractivity contribution < 1.29 is 9.90 Å². The number of carboxylic acid groups (broad SMARTS) is 1. The van der Waals surface area contributed by atoms with E-state index < -0.39 is 5.97 Å². The van der Waals surface area contributed by atoms with Gasteiger partial charge in [-0.05, 0) is 27.2 Å². The van der Waals surface area contributed by atoms with Crippen molar-refractivity contribution in [3.8, 4) is 0 Å². The Morgan fingerprint density at radius 3 is 1.85 bits per heavy atom. The number of aliphatic carboxylic acids is 1. The lowest BCUT2D eigenvalue weighted by atomic mass is 10.1. The maximum Gasteiger partial charge on any atom is 0.330 e. The summed E-state index contributed by atoms with van der Waals surface area (Å²) in [5, 5.41) is 8.21. The standard InChI is InChI=1S/C6H10O2.C4H11N/c1-3-4-5(2)6(7)8;1-4(2,3)5/h2-4H2,1H3,(H,7,8);5H2,1-3H3. The molecule has 0 aliphatic heterocycles. The Morgan fingerprint density at radius 1 is 1.46 bits per heavy atom. The maximum atomic E-state index is 9.99. The van der Waals surface area contributed by atoms with Crippen LogP contribution in [0.4, 0.5) is 0 Å². The monoisotopic (exact) mass is 187 g/mol. The molecule has 3 heteroatoms. The van der Waals surface area contributed by atoms with Crippen LogP contribution in [0.3, 0.4) is 0 Å². The van der Waals surface area contributed by atoms with Crippen LogP contribution in [0.25, 0.3) is 0 Å². The minimum absolute atomic E-state index is 0. The van der Waals surface area contributed by atoms with Crippen LogP contribution >= 0.6 is 0 Å². The van der Waals surface area contributed by atoms with E-state index in [1.54, 1.807) is 0 Å². The van der Waals surface area contributed by atoms with Crippen molar-refractivity contribution in [2.24, 2.45) is 5.73 Å². The van der Waals surface area contributed by atoms with Gasteiger partial charge in [-0.1, -0.05) is 19.9 Å². The van der Waals surface area contributed by atoms with Crippen LogP contribution in [-0.4, -0.2) is 16.6 Å². The topological polar surface area (TPSA) is 63.3 Å². The predicted octanol–water partition coefficient (Wildman–Crippen LogP) is 2.17. The van der Waals surface area contributed by atoms with Crippen LogP contribution in [0.1, 0.15) is 40.5 Å². The predicted molar refractivity (Wildman–Crippen MR) is 55.6 cm³/mol. The van der Waals surface area contributed by atoms with Gasteiger partial charge in [0, 0.05) is 11.1 Å². The fraction of sp³-hybridized carbons (Fsp3) is 0.700. The largest absolute Gasteiger partial charge is 0.478 e. The molecule has 0 radical (unpaired) electrons. The van der Waals surface area contributed by atoms with E-state index >= 15 is 0 Å². The molecule has 0 aromatic carbocycles. The Kier molecular flexibility index (Phi) is 7.52. The first-order valence-electron chi connectivity index (χ1n) is 4.38. The van der Waals surface area contributed by atoms with Crippen molar-refractivity contribution in [3.05, 3.63) is 12.2 Å². The third-order valence-electron chi connectivity index (χ3n) is 0.854. The average Bonchev–Trinajstić information content (AvgIpc) is 1.84. The van der Waals surface area contributed by atoms with Crippen molar-refractivity contribution in [1.82, 2.24) is 0 Å². The van der Waals surface area contributed by atoms with Crippen molar-refractivity contribution in [3.63, 3.8) is 0 Å². The zero-order valence-electron chi connectivity index (χ0n) is 9.05. The Bertz CT molecular complexity index is 162. The summed E-state index contributed by atoms with van der Waals surface area (Å²) in [6.45, 7) is 11.2. The molecule has 13 heavy (non-hydrogen) atoms. The molecule has 0 aromatic heterocycles. The van der Waals surface area contributed by atoms with E-state index in [2.05, 4.69) is 6.58 Å². The van der Waals surface area contributed by atoms with E-state index in [-0.39, 0.29) is 5.54 Å². The second-order valence-electron chi connectivity index (χ2n) is 4.02. The molecule has 0 rings (SSSR count).